The predicted octanol–water partition coefficient (Wildman–Crippen LogP) is 5.05. The standard InChI is InChI=1S/C25H27N3O3/c1-2-6-24(29)27-21-9-11-22(12-10-21)28-25(30)17-26-20-13-15-23(16-14-20)31-18-19-7-4-3-5-8-19/h3-5,7-16,26H,2,6,17-18H2,1H3,(H,27,29)(H,28,30). The van der Waals surface area contributed by atoms with Crippen molar-refractivity contribution in [3.05, 3.63) is 84.4 Å². The lowest BCUT2D eigenvalue weighted by atomic mass is 10.2. The number of hydrogen-bond donors (Lipinski definition) is 3. The third-order valence-corrected chi connectivity index (χ3v) is 4.49. The molecule has 0 fully saturated rings. The highest BCUT2D eigenvalue weighted by molar-refractivity contribution is 5.94. The minimum absolute atomic E-state index is 0.0139. The Kier molecular flexibility index (Phi) is 8.05. The van der Waals surface area contributed by atoms with E-state index in [0.29, 0.717) is 24.4 Å². The highest BCUT2D eigenvalue weighted by Crippen LogP contribution is 2.17. The lowest BCUT2D eigenvalue weighted by molar-refractivity contribution is -0.116. The zero-order valence-electron chi connectivity index (χ0n) is 17.6. The maximum absolute atomic E-state index is 12.2. The number of ether oxygens (including phenoxy) is 1. The molecule has 31 heavy (non-hydrogen) atoms. The van der Waals surface area contributed by atoms with Crippen LogP contribution in [0.5, 0.6) is 5.75 Å². The molecule has 0 aliphatic carbocycles. The smallest absolute Gasteiger partial charge is 0.243 e. The van der Waals surface area contributed by atoms with E-state index in [1.807, 2.05) is 61.5 Å². The van der Waals surface area contributed by atoms with Crippen molar-refractivity contribution >= 4 is 28.9 Å². The minimum Gasteiger partial charge on any atom is -0.489 e. The number of carbonyl (C=O) groups excluding carboxylic acids is 2. The van der Waals surface area contributed by atoms with Crippen molar-refractivity contribution in [2.45, 2.75) is 26.4 Å². The van der Waals surface area contributed by atoms with Crippen LogP contribution in [0, 0.1) is 0 Å². The zero-order chi connectivity index (χ0) is 21.9. The van der Waals surface area contributed by atoms with Gasteiger partial charge >= 0.3 is 0 Å². The quantitative estimate of drug-likeness (QED) is 0.431. The van der Waals surface area contributed by atoms with Gasteiger partial charge in [0, 0.05) is 23.5 Å². The molecule has 0 saturated heterocycles. The van der Waals surface area contributed by atoms with Gasteiger partial charge in [0.15, 0.2) is 0 Å². The van der Waals surface area contributed by atoms with Gasteiger partial charge in [-0.3, -0.25) is 9.59 Å². The number of rotatable bonds is 10. The molecule has 0 unspecified atom stereocenters. The van der Waals surface area contributed by atoms with E-state index in [1.54, 1.807) is 24.3 Å². The van der Waals surface area contributed by atoms with Crippen molar-refractivity contribution < 1.29 is 14.3 Å². The Hall–Kier alpha value is -3.80. The van der Waals surface area contributed by atoms with Crippen LogP contribution in [0.3, 0.4) is 0 Å². The van der Waals surface area contributed by atoms with Crippen LogP contribution >= 0.6 is 0 Å². The van der Waals surface area contributed by atoms with Crippen molar-refractivity contribution in [1.29, 1.82) is 0 Å². The predicted molar refractivity (Wildman–Crippen MR) is 124 cm³/mol. The summed E-state index contributed by atoms with van der Waals surface area (Å²) in [7, 11) is 0. The third kappa shape index (κ3) is 7.51. The fourth-order valence-electron chi connectivity index (χ4n) is 2.88. The fourth-order valence-corrected chi connectivity index (χ4v) is 2.88. The van der Waals surface area contributed by atoms with E-state index in [-0.39, 0.29) is 18.4 Å². The van der Waals surface area contributed by atoms with Crippen LogP contribution in [-0.4, -0.2) is 18.4 Å². The summed E-state index contributed by atoms with van der Waals surface area (Å²) in [6.45, 7) is 2.61. The molecule has 0 heterocycles. The molecule has 0 aliphatic heterocycles. The lowest BCUT2D eigenvalue weighted by Crippen LogP contribution is -2.21. The van der Waals surface area contributed by atoms with Crippen LogP contribution in [0.25, 0.3) is 0 Å². The molecule has 6 nitrogen and oxygen atoms in total. The summed E-state index contributed by atoms with van der Waals surface area (Å²) >= 11 is 0. The fraction of sp³-hybridized carbons (Fsp3) is 0.200. The van der Waals surface area contributed by atoms with Crippen molar-refractivity contribution in [3.8, 4) is 5.75 Å². The van der Waals surface area contributed by atoms with Gasteiger partial charge in [0.25, 0.3) is 0 Å². The largest absolute Gasteiger partial charge is 0.489 e. The molecule has 0 spiro atoms. The van der Waals surface area contributed by atoms with Crippen molar-refractivity contribution in [1.82, 2.24) is 0 Å². The number of hydrogen-bond acceptors (Lipinski definition) is 4. The maximum atomic E-state index is 12.2. The first kappa shape index (κ1) is 21.9. The zero-order valence-corrected chi connectivity index (χ0v) is 17.6. The molecule has 3 aromatic carbocycles. The van der Waals surface area contributed by atoms with Crippen molar-refractivity contribution in [2.24, 2.45) is 0 Å². The van der Waals surface area contributed by atoms with Gasteiger partial charge in [-0.2, -0.15) is 0 Å². The summed E-state index contributed by atoms with van der Waals surface area (Å²) in [5, 5.41) is 8.74. The molecular weight excluding hydrogens is 390 g/mol. The van der Waals surface area contributed by atoms with E-state index in [4.69, 9.17) is 4.74 Å². The Bertz CT molecular complexity index is 971. The second kappa shape index (κ2) is 11.4. The molecular formula is C25H27N3O3. The maximum Gasteiger partial charge on any atom is 0.243 e. The SMILES string of the molecule is CCCC(=O)Nc1ccc(NC(=O)CNc2ccc(OCc3ccccc3)cc2)cc1. The number of benzene rings is 3. The average Bonchev–Trinajstić information content (AvgIpc) is 2.79. The van der Waals surface area contributed by atoms with Gasteiger partial charge in [0.1, 0.15) is 12.4 Å². The molecule has 3 rings (SSSR count). The van der Waals surface area contributed by atoms with Crippen LogP contribution in [-0.2, 0) is 16.2 Å². The Balaban J connectivity index is 1.41. The highest BCUT2D eigenvalue weighted by atomic mass is 16.5. The van der Waals surface area contributed by atoms with Gasteiger partial charge in [0.2, 0.25) is 11.8 Å². The van der Waals surface area contributed by atoms with Gasteiger partial charge in [-0.15, -0.1) is 0 Å². The summed E-state index contributed by atoms with van der Waals surface area (Å²) in [6, 6.07) is 24.5. The Morgan fingerprint density at radius 1 is 0.742 bits per heavy atom. The van der Waals surface area contributed by atoms with Crippen LogP contribution in [0.1, 0.15) is 25.3 Å². The van der Waals surface area contributed by atoms with Gasteiger partial charge < -0.3 is 20.7 Å². The first-order chi connectivity index (χ1) is 15.1. The molecule has 2 amide bonds. The topological polar surface area (TPSA) is 79.5 Å². The Morgan fingerprint density at radius 2 is 1.32 bits per heavy atom. The summed E-state index contributed by atoms with van der Waals surface area (Å²) in [4.78, 5) is 23.8. The van der Waals surface area contributed by atoms with E-state index in [2.05, 4.69) is 16.0 Å². The summed E-state index contributed by atoms with van der Waals surface area (Å²) < 4.78 is 5.77. The average molecular weight is 418 g/mol. The molecule has 0 aromatic heterocycles. The molecule has 0 atom stereocenters. The molecule has 160 valence electrons. The van der Waals surface area contributed by atoms with E-state index >= 15 is 0 Å². The number of carbonyl (C=O) groups is 2. The normalized spacial score (nSPS) is 10.2. The van der Waals surface area contributed by atoms with Crippen LogP contribution in [0.2, 0.25) is 0 Å². The lowest BCUT2D eigenvalue weighted by Gasteiger charge is -2.10. The number of anilines is 3. The van der Waals surface area contributed by atoms with Gasteiger partial charge in [0.05, 0.1) is 6.54 Å². The molecule has 3 aromatic rings. The number of amides is 2. The van der Waals surface area contributed by atoms with Gasteiger partial charge in [-0.25, -0.2) is 0 Å². The molecule has 0 bridgehead atoms. The molecule has 0 radical (unpaired) electrons. The van der Waals surface area contributed by atoms with E-state index in [1.165, 1.54) is 0 Å². The van der Waals surface area contributed by atoms with Crippen LogP contribution in [0.15, 0.2) is 78.9 Å². The van der Waals surface area contributed by atoms with E-state index in [9.17, 15) is 9.59 Å². The highest BCUT2D eigenvalue weighted by Gasteiger charge is 2.05. The first-order valence-electron chi connectivity index (χ1n) is 10.3. The summed E-state index contributed by atoms with van der Waals surface area (Å²) in [5.74, 6) is 0.595. The molecule has 6 heteroatoms. The second-order valence-corrected chi connectivity index (χ2v) is 7.08. The van der Waals surface area contributed by atoms with Crippen molar-refractivity contribution in [2.75, 3.05) is 22.5 Å². The minimum atomic E-state index is -0.160. The first-order valence-corrected chi connectivity index (χ1v) is 10.3. The van der Waals surface area contributed by atoms with Crippen LogP contribution in [0.4, 0.5) is 17.1 Å². The Morgan fingerprint density at radius 3 is 1.94 bits per heavy atom. The molecule has 0 aliphatic rings. The third-order valence-electron chi connectivity index (χ3n) is 4.49. The van der Waals surface area contributed by atoms with Crippen molar-refractivity contribution in [3.63, 3.8) is 0 Å². The second-order valence-electron chi connectivity index (χ2n) is 7.08. The van der Waals surface area contributed by atoms with Gasteiger partial charge in [-0.05, 0) is 60.5 Å². The number of nitrogens with one attached hydrogen (secondary N) is 3. The monoisotopic (exact) mass is 417 g/mol. The molecule has 3 N–H and O–H groups in total. The van der Waals surface area contributed by atoms with Crippen LogP contribution < -0.4 is 20.7 Å². The summed E-state index contributed by atoms with van der Waals surface area (Å²) in [6.07, 6.45) is 1.29. The van der Waals surface area contributed by atoms with Gasteiger partial charge in [-0.1, -0.05) is 37.3 Å². The molecule has 0 saturated carbocycles. The van der Waals surface area contributed by atoms with E-state index in [0.717, 1.165) is 23.4 Å². The Labute approximate surface area is 182 Å². The van der Waals surface area contributed by atoms with E-state index < -0.39 is 0 Å². The summed E-state index contributed by atoms with van der Waals surface area (Å²) in [5.41, 5.74) is 3.32.